The average molecular weight is 471 g/mol. The fourth-order valence-electron chi connectivity index (χ4n) is 3.27. The van der Waals surface area contributed by atoms with E-state index in [1.54, 1.807) is 24.4 Å². The van der Waals surface area contributed by atoms with Crippen molar-refractivity contribution in [3.63, 3.8) is 0 Å². The molecule has 9 heteroatoms. The van der Waals surface area contributed by atoms with E-state index < -0.39 is 5.41 Å². The number of nitrogens with one attached hydrogen (secondary N) is 2. The quantitative estimate of drug-likeness (QED) is 0.346. The number of phenols is 1. The Morgan fingerprint density at radius 3 is 2.53 bits per heavy atom. The standard InChI is InChI=1S/C25H22N6O2S/c1-25(2,14-26)16-5-7-17(8-6-16)28-24(34)31-22-13-27-19-10-9-18(29-23(19)30-22)15-4-11-20(32)21(12-15)33-3/h4-13,32H,1-3H3,(H2,28,29,30,31,34). The van der Waals surface area contributed by atoms with Gasteiger partial charge in [0.2, 0.25) is 0 Å². The smallest absolute Gasteiger partial charge is 0.180 e. The molecular formula is C25H22N6O2S. The Balaban J connectivity index is 1.51. The third-order valence-electron chi connectivity index (χ3n) is 5.27. The Kier molecular flexibility index (Phi) is 6.25. The van der Waals surface area contributed by atoms with Gasteiger partial charge in [0.25, 0.3) is 0 Å². The van der Waals surface area contributed by atoms with Crippen LogP contribution in [-0.2, 0) is 5.41 Å². The summed E-state index contributed by atoms with van der Waals surface area (Å²) in [5.41, 5.74) is 3.67. The summed E-state index contributed by atoms with van der Waals surface area (Å²) in [5, 5.41) is 25.6. The van der Waals surface area contributed by atoms with E-state index >= 15 is 0 Å². The number of nitriles is 1. The maximum atomic E-state index is 9.83. The SMILES string of the molecule is COc1cc(-c2ccc3ncc(NC(=S)Nc4ccc(C(C)(C)C#N)cc4)nc3n2)ccc1O. The Bertz CT molecular complexity index is 1410. The van der Waals surface area contributed by atoms with Crippen LogP contribution in [0.15, 0.2) is 60.8 Å². The zero-order valence-corrected chi connectivity index (χ0v) is 19.6. The predicted molar refractivity (Wildman–Crippen MR) is 136 cm³/mol. The molecule has 0 amide bonds. The number of pyridine rings is 1. The molecule has 3 N–H and O–H groups in total. The minimum absolute atomic E-state index is 0.0581. The largest absolute Gasteiger partial charge is 0.504 e. The van der Waals surface area contributed by atoms with Crippen LogP contribution in [0.25, 0.3) is 22.4 Å². The van der Waals surface area contributed by atoms with Gasteiger partial charge >= 0.3 is 0 Å². The fourth-order valence-corrected chi connectivity index (χ4v) is 3.49. The molecule has 170 valence electrons. The molecule has 0 aliphatic heterocycles. The van der Waals surface area contributed by atoms with Gasteiger partial charge in [0, 0.05) is 11.3 Å². The Morgan fingerprint density at radius 2 is 1.82 bits per heavy atom. The van der Waals surface area contributed by atoms with Gasteiger partial charge in [0.05, 0.1) is 30.5 Å². The first-order valence-corrected chi connectivity index (χ1v) is 10.8. The summed E-state index contributed by atoms with van der Waals surface area (Å²) in [5.74, 6) is 0.865. The average Bonchev–Trinajstić information content (AvgIpc) is 2.84. The van der Waals surface area contributed by atoms with Gasteiger partial charge < -0.3 is 20.5 Å². The van der Waals surface area contributed by atoms with E-state index in [0.717, 1.165) is 16.8 Å². The number of hydrogen-bond acceptors (Lipinski definition) is 7. The number of anilines is 2. The van der Waals surface area contributed by atoms with Crippen molar-refractivity contribution in [3.05, 3.63) is 66.4 Å². The first kappa shape index (κ1) is 22.9. The Labute approximate surface area is 202 Å². The van der Waals surface area contributed by atoms with Crippen molar-refractivity contribution in [3.8, 4) is 28.8 Å². The van der Waals surface area contributed by atoms with E-state index in [0.29, 0.717) is 33.5 Å². The van der Waals surface area contributed by atoms with E-state index in [1.165, 1.54) is 7.11 Å². The minimum atomic E-state index is -0.560. The molecular weight excluding hydrogens is 448 g/mol. The highest BCUT2D eigenvalue weighted by molar-refractivity contribution is 7.80. The van der Waals surface area contributed by atoms with E-state index in [9.17, 15) is 10.4 Å². The fraction of sp³-hybridized carbons (Fsp3) is 0.160. The zero-order chi connectivity index (χ0) is 24.3. The molecule has 0 spiro atoms. The molecule has 0 bridgehead atoms. The third kappa shape index (κ3) is 4.87. The number of hydrogen-bond donors (Lipinski definition) is 3. The first-order chi connectivity index (χ1) is 16.3. The summed E-state index contributed by atoms with van der Waals surface area (Å²) < 4.78 is 5.18. The van der Waals surface area contributed by atoms with E-state index in [2.05, 4.69) is 31.7 Å². The molecule has 2 heterocycles. The number of rotatable bonds is 5. The van der Waals surface area contributed by atoms with Gasteiger partial charge in [-0.25, -0.2) is 15.0 Å². The van der Waals surface area contributed by atoms with E-state index in [4.69, 9.17) is 17.0 Å². The molecule has 4 aromatic rings. The summed E-state index contributed by atoms with van der Waals surface area (Å²) in [6, 6.07) is 18.5. The van der Waals surface area contributed by atoms with Crippen LogP contribution in [0.3, 0.4) is 0 Å². The molecule has 0 aliphatic carbocycles. The van der Waals surface area contributed by atoms with Crippen molar-refractivity contribution >= 4 is 40.0 Å². The van der Waals surface area contributed by atoms with Crippen LogP contribution in [0, 0.1) is 11.3 Å². The first-order valence-electron chi connectivity index (χ1n) is 10.4. The van der Waals surface area contributed by atoms with Gasteiger partial charge in [-0.05, 0) is 74.1 Å². The topological polar surface area (TPSA) is 116 Å². The molecule has 0 radical (unpaired) electrons. The van der Waals surface area contributed by atoms with Gasteiger partial charge in [0.1, 0.15) is 5.52 Å². The minimum Gasteiger partial charge on any atom is -0.504 e. The van der Waals surface area contributed by atoms with Crippen molar-refractivity contribution in [1.82, 2.24) is 15.0 Å². The Morgan fingerprint density at radius 1 is 1.06 bits per heavy atom. The Hall–Kier alpha value is -4.29. The van der Waals surface area contributed by atoms with Gasteiger partial charge in [-0.15, -0.1) is 0 Å². The maximum absolute atomic E-state index is 9.83. The number of fused-ring (bicyclic) bond motifs is 1. The molecule has 2 aromatic heterocycles. The molecule has 34 heavy (non-hydrogen) atoms. The van der Waals surface area contributed by atoms with Crippen molar-refractivity contribution in [2.24, 2.45) is 0 Å². The highest BCUT2D eigenvalue weighted by Crippen LogP contribution is 2.31. The lowest BCUT2D eigenvalue weighted by Crippen LogP contribution is -2.20. The normalized spacial score (nSPS) is 11.0. The second-order valence-corrected chi connectivity index (χ2v) is 8.48. The molecule has 2 aromatic carbocycles. The summed E-state index contributed by atoms with van der Waals surface area (Å²) in [4.78, 5) is 13.5. The van der Waals surface area contributed by atoms with Gasteiger partial charge in [0.15, 0.2) is 28.1 Å². The van der Waals surface area contributed by atoms with Crippen molar-refractivity contribution in [2.75, 3.05) is 17.7 Å². The van der Waals surface area contributed by atoms with Gasteiger partial charge in [-0.3, -0.25) is 0 Å². The zero-order valence-electron chi connectivity index (χ0n) is 18.8. The van der Waals surface area contributed by atoms with E-state index in [1.807, 2.05) is 50.2 Å². The number of methoxy groups -OCH3 is 1. The van der Waals surface area contributed by atoms with Crippen LogP contribution in [0.2, 0.25) is 0 Å². The molecule has 4 rings (SSSR count). The van der Waals surface area contributed by atoms with Crippen molar-refractivity contribution in [2.45, 2.75) is 19.3 Å². The second-order valence-electron chi connectivity index (χ2n) is 8.07. The molecule has 0 saturated carbocycles. The lowest BCUT2D eigenvalue weighted by Gasteiger charge is -2.16. The lowest BCUT2D eigenvalue weighted by molar-refractivity contribution is 0.373. The maximum Gasteiger partial charge on any atom is 0.180 e. The summed E-state index contributed by atoms with van der Waals surface area (Å²) in [6.45, 7) is 3.75. The monoisotopic (exact) mass is 470 g/mol. The number of aromatic nitrogens is 3. The molecule has 8 nitrogen and oxygen atoms in total. The number of thiocarbonyl (C=S) groups is 1. The summed E-state index contributed by atoms with van der Waals surface area (Å²) in [7, 11) is 1.49. The van der Waals surface area contributed by atoms with Crippen LogP contribution in [0.4, 0.5) is 11.5 Å². The van der Waals surface area contributed by atoms with Crippen LogP contribution in [0.5, 0.6) is 11.5 Å². The van der Waals surface area contributed by atoms with Crippen LogP contribution in [-0.4, -0.2) is 32.3 Å². The van der Waals surface area contributed by atoms with Crippen LogP contribution in [0.1, 0.15) is 19.4 Å². The summed E-state index contributed by atoms with van der Waals surface area (Å²) in [6.07, 6.45) is 1.58. The lowest BCUT2D eigenvalue weighted by atomic mass is 9.86. The molecule has 0 saturated heterocycles. The highest BCUT2D eigenvalue weighted by atomic mass is 32.1. The second kappa shape index (κ2) is 9.29. The number of benzene rings is 2. The molecule has 0 atom stereocenters. The predicted octanol–water partition coefficient (Wildman–Crippen LogP) is 5.02. The number of phenolic OH excluding ortho intramolecular Hbond substituents is 1. The highest BCUT2D eigenvalue weighted by Gasteiger charge is 2.19. The number of nitrogens with zero attached hydrogens (tertiary/aromatic N) is 4. The number of ether oxygens (including phenoxy) is 1. The van der Waals surface area contributed by atoms with Crippen molar-refractivity contribution in [1.29, 1.82) is 5.26 Å². The molecule has 0 aliphatic rings. The molecule has 0 unspecified atom stereocenters. The molecule has 0 fully saturated rings. The number of aromatic hydroxyl groups is 1. The van der Waals surface area contributed by atoms with Crippen LogP contribution < -0.4 is 15.4 Å². The van der Waals surface area contributed by atoms with E-state index in [-0.39, 0.29) is 5.75 Å². The van der Waals surface area contributed by atoms with Crippen molar-refractivity contribution < 1.29 is 9.84 Å². The van der Waals surface area contributed by atoms with Crippen LogP contribution >= 0.6 is 12.2 Å². The third-order valence-corrected chi connectivity index (χ3v) is 5.47. The van der Waals surface area contributed by atoms with Gasteiger partial charge in [-0.1, -0.05) is 12.1 Å². The van der Waals surface area contributed by atoms with Gasteiger partial charge in [-0.2, -0.15) is 5.26 Å². The summed E-state index contributed by atoms with van der Waals surface area (Å²) >= 11 is 5.41.